The maximum Gasteiger partial charge on any atom is 0.222 e. The highest BCUT2D eigenvalue weighted by Gasteiger charge is 2.03. The van der Waals surface area contributed by atoms with Crippen LogP contribution in [0.2, 0.25) is 0 Å². The highest BCUT2D eigenvalue weighted by Crippen LogP contribution is 2.21. The fraction of sp³-hybridized carbons (Fsp3) is 0.111. The summed E-state index contributed by atoms with van der Waals surface area (Å²) >= 11 is 2.23. The van der Waals surface area contributed by atoms with Crippen LogP contribution >= 0.6 is 22.6 Å². The largest absolute Gasteiger partial charge is 0.359 e. The van der Waals surface area contributed by atoms with E-state index in [0.29, 0.717) is 5.82 Å². The molecule has 0 atom stereocenters. The number of fused-ring (bicyclic) bond motifs is 1. The number of H-pyrrole nitrogens is 1. The fourth-order valence-electron chi connectivity index (χ4n) is 1.24. The van der Waals surface area contributed by atoms with E-state index in [1.165, 1.54) is 6.92 Å². The van der Waals surface area contributed by atoms with Gasteiger partial charge in [-0.15, -0.1) is 0 Å². The molecule has 2 heterocycles. The fourth-order valence-corrected chi connectivity index (χ4v) is 1.84. The first-order chi connectivity index (χ1) is 6.66. The predicted octanol–water partition coefficient (Wildman–Crippen LogP) is 2.13. The quantitative estimate of drug-likeness (QED) is 0.793. The second-order valence-electron chi connectivity index (χ2n) is 2.93. The molecule has 2 aromatic heterocycles. The Kier molecular flexibility index (Phi) is 2.40. The third kappa shape index (κ3) is 1.72. The van der Waals surface area contributed by atoms with E-state index in [9.17, 15) is 4.79 Å². The number of halogens is 1. The monoisotopic (exact) mass is 301 g/mol. The summed E-state index contributed by atoms with van der Waals surface area (Å²) in [6, 6.07) is 1.86. The Morgan fingerprint density at radius 3 is 3.14 bits per heavy atom. The molecule has 0 aliphatic carbocycles. The minimum atomic E-state index is -0.109. The summed E-state index contributed by atoms with van der Waals surface area (Å²) in [7, 11) is 0. The highest BCUT2D eigenvalue weighted by molar-refractivity contribution is 14.1. The molecule has 2 rings (SSSR count). The number of aromatic amines is 1. The molecule has 72 valence electrons. The first kappa shape index (κ1) is 9.45. The molecule has 1 amide bonds. The zero-order chi connectivity index (χ0) is 10.1. The van der Waals surface area contributed by atoms with Crippen LogP contribution in [0.25, 0.3) is 10.9 Å². The lowest BCUT2D eigenvalue weighted by atomic mass is 10.3. The summed E-state index contributed by atoms with van der Waals surface area (Å²) in [4.78, 5) is 18.0. The van der Waals surface area contributed by atoms with Crippen molar-refractivity contribution in [2.45, 2.75) is 6.92 Å². The number of nitrogens with zero attached hydrogens (tertiary/aromatic N) is 1. The van der Waals surface area contributed by atoms with Gasteiger partial charge in [0.25, 0.3) is 0 Å². The number of amides is 1. The Morgan fingerprint density at radius 2 is 2.43 bits per heavy atom. The number of rotatable bonds is 1. The van der Waals surface area contributed by atoms with Gasteiger partial charge in [-0.2, -0.15) is 0 Å². The number of aromatic nitrogens is 2. The summed E-state index contributed by atoms with van der Waals surface area (Å²) in [5.74, 6) is 0.477. The van der Waals surface area contributed by atoms with Crippen LogP contribution in [-0.2, 0) is 4.79 Å². The number of anilines is 1. The standard InChI is InChI=1S/C9H8IN3O/c1-5(14)13-9-2-6-7(10)3-11-8(6)4-12-9/h2-4,11H,1H3,(H,12,13,14). The van der Waals surface area contributed by atoms with Gasteiger partial charge in [-0.3, -0.25) is 4.79 Å². The average molecular weight is 301 g/mol. The second kappa shape index (κ2) is 3.56. The lowest BCUT2D eigenvalue weighted by molar-refractivity contribution is -0.114. The van der Waals surface area contributed by atoms with Crippen molar-refractivity contribution in [3.8, 4) is 0 Å². The number of pyridine rings is 1. The molecule has 0 fully saturated rings. The summed E-state index contributed by atoms with van der Waals surface area (Å²) < 4.78 is 1.12. The van der Waals surface area contributed by atoms with Gasteiger partial charge >= 0.3 is 0 Å². The van der Waals surface area contributed by atoms with Crippen molar-refractivity contribution in [1.82, 2.24) is 9.97 Å². The van der Waals surface area contributed by atoms with Crippen molar-refractivity contribution in [1.29, 1.82) is 0 Å². The summed E-state index contributed by atoms with van der Waals surface area (Å²) in [5, 5.41) is 3.72. The zero-order valence-corrected chi connectivity index (χ0v) is 9.62. The number of nitrogens with one attached hydrogen (secondary N) is 2. The van der Waals surface area contributed by atoms with Crippen LogP contribution in [0.3, 0.4) is 0 Å². The number of hydrogen-bond acceptors (Lipinski definition) is 2. The Labute approximate surface area is 94.2 Å². The second-order valence-corrected chi connectivity index (χ2v) is 4.10. The van der Waals surface area contributed by atoms with Crippen LogP contribution in [0.1, 0.15) is 6.92 Å². The van der Waals surface area contributed by atoms with Crippen LogP contribution in [0.15, 0.2) is 18.5 Å². The molecule has 14 heavy (non-hydrogen) atoms. The molecule has 0 aliphatic heterocycles. The van der Waals surface area contributed by atoms with E-state index in [1.54, 1.807) is 6.20 Å². The highest BCUT2D eigenvalue weighted by atomic mass is 127. The van der Waals surface area contributed by atoms with Crippen molar-refractivity contribution in [2.24, 2.45) is 0 Å². The van der Waals surface area contributed by atoms with Gasteiger partial charge in [0.15, 0.2) is 0 Å². The lowest BCUT2D eigenvalue weighted by Gasteiger charge is -2.00. The van der Waals surface area contributed by atoms with E-state index in [4.69, 9.17) is 0 Å². The Hall–Kier alpha value is -1.11. The summed E-state index contributed by atoms with van der Waals surface area (Å²) in [6.45, 7) is 1.47. The Morgan fingerprint density at radius 1 is 1.64 bits per heavy atom. The Balaban J connectivity index is 2.49. The topological polar surface area (TPSA) is 57.8 Å². The molecule has 0 saturated carbocycles. The molecule has 2 aromatic rings. The number of carbonyl (C=O) groups is 1. The molecular formula is C9H8IN3O. The van der Waals surface area contributed by atoms with E-state index >= 15 is 0 Å². The van der Waals surface area contributed by atoms with E-state index < -0.39 is 0 Å². The molecular weight excluding hydrogens is 293 g/mol. The molecule has 0 aliphatic rings. The summed E-state index contributed by atoms with van der Waals surface area (Å²) in [6.07, 6.45) is 3.62. The van der Waals surface area contributed by atoms with Gasteiger partial charge in [-0.05, 0) is 28.7 Å². The predicted molar refractivity (Wildman–Crippen MR) is 63.1 cm³/mol. The van der Waals surface area contributed by atoms with Crippen molar-refractivity contribution in [2.75, 3.05) is 5.32 Å². The van der Waals surface area contributed by atoms with E-state index in [-0.39, 0.29) is 5.91 Å². The van der Waals surface area contributed by atoms with Crippen LogP contribution in [0.5, 0.6) is 0 Å². The number of hydrogen-bond donors (Lipinski definition) is 2. The van der Waals surface area contributed by atoms with Crippen LogP contribution in [-0.4, -0.2) is 15.9 Å². The third-order valence-corrected chi connectivity index (χ3v) is 2.71. The van der Waals surface area contributed by atoms with Crippen LogP contribution in [0.4, 0.5) is 5.82 Å². The van der Waals surface area contributed by atoms with Gasteiger partial charge in [-0.1, -0.05) is 0 Å². The SMILES string of the molecule is CC(=O)Nc1cc2c(I)c[nH]c2cn1. The zero-order valence-electron chi connectivity index (χ0n) is 7.47. The minimum absolute atomic E-state index is 0.109. The maximum absolute atomic E-state index is 10.8. The van der Waals surface area contributed by atoms with Gasteiger partial charge < -0.3 is 10.3 Å². The van der Waals surface area contributed by atoms with Crippen molar-refractivity contribution >= 4 is 45.2 Å². The number of carbonyl (C=O) groups excluding carboxylic acids is 1. The van der Waals surface area contributed by atoms with Crippen LogP contribution in [0, 0.1) is 3.57 Å². The molecule has 5 heteroatoms. The molecule has 0 spiro atoms. The molecule has 0 saturated heterocycles. The molecule has 0 unspecified atom stereocenters. The molecule has 0 radical (unpaired) electrons. The van der Waals surface area contributed by atoms with Crippen molar-refractivity contribution < 1.29 is 4.79 Å². The van der Waals surface area contributed by atoms with Gasteiger partial charge in [0.1, 0.15) is 5.82 Å². The first-order valence-electron chi connectivity index (χ1n) is 4.07. The van der Waals surface area contributed by atoms with Gasteiger partial charge in [0.2, 0.25) is 5.91 Å². The van der Waals surface area contributed by atoms with Gasteiger partial charge in [-0.25, -0.2) is 4.98 Å². The first-order valence-corrected chi connectivity index (χ1v) is 5.15. The molecule has 0 aromatic carbocycles. The Bertz CT molecular complexity index is 492. The average Bonchev–Trinajstić information content (AvgIpc) is 2.47. The van der Waals surface area contributed by atoms with Gasteiger partial charge in [0, 0.05) is 22.1 Å². The smallest absolute Gasteiger partial charge is 0.222 e. The third-order valence-electron chi connectivity index (χ3n) is 1.82. The minimum Gasteiger partial charge on any atom is -0.359 e. The van der Waals surface area contributed by atoms with Crippen molar-refractivity contribution in [3.05, 3.63) is 22.0 Å². The van der Waals surface area contributed by atoms with E-state index in [2.05, 4.69) is 37.9 Å². The van der Waals surface area contributed by atoms with Crippen LogP contribution < -0.4 is 5.32 Å². The van der Waals surface area contributed by atoms with Crippen molar-refractivity contribution in [3.63, 3.8) is 0 Å². The van der Waals surface area contributed by atoms with Gasteiger partial charge in [0.05, 0.1) is 11.7 Å². The normalized spacial score (nSPS) is 10.4. The molecule has 0 bridgehead atoms. The molecule has 4 nitrogen and oxygen atoms in total. The summed E-state index contributed by atoms with van der Waals surface area (Å²) in [5.41, 5.74) is 0.975. The maximum atomic E-state index is 10.8. The van der Waals surface area contributed by atoms with E-state index in [0.717, 1.165) is 14.5 Å². The lowest BCUT2D eigenvalue weighted by Crippen LogP contribution is -2.06. The molecule has 2 N–H and O–H groups in total. The van der Waals surface area contributed by atoms with E-state index in [1.807, 2.05) is 12.3 Å².